The normalized spacial score (nSPS) is 18.1. The van der Waals surface area contributed by atoms with E-state index in [-0.39, 0.29) is 0 Å². The van der Waals surface area contributed by atoms with Gasteiger partial charge in [-0.25, -0.2) is 9.97 Å². The van der Waals surface area contributed by atoms with Gasteiger partial charge in [0.15, 0.2) is 0 Å². The van der Waals surface area contributed by atoms with Crippen LogP contribution in [0.1, 0.15) is 29.1 Å². The van der Waals surface area contributed by atoms with Crippen molar-refractivity contribution in [2.45, 2.75) is 25.7 Å². The summed E-state index contributed by atoms with van der Waals surface area (Å²) in [6.45, 7) is 0.761. The molecule has 2 aromatic rings. The lowest BCUT2D eigenvalue weighted by atomic mass is 9.87. The van der Waals surface area contributed by atoms with Crippen LogP contribution >= 0.6 is 0 Å². The summed E-state index contributed by atoms with van der Waals surface area (Å²) in [6.07, 6.45) is 9.58. The lowest BCUT2D eigenvalue weighted by Gasteiger charge is -2.22. The van der Waals surface area contributed by atoms with Gasteiger partial charge in [0.2, 0.25) is 0 Å². The first kappa shape index (κ1) is 12.2. The molecule has 2 N–H and O–H groups in total. The van der Waals surface area contributed by atoms with Crippen molar-refractivity contribution in [2.75, 3.05) is 6.54 Å². The van der Waals surface area contributed by atoms with E-state index in [1.807, 2.05) is 18.5 Å². The Hall–Kier alpha value is -1.81. The molecule has 0 bridgehead atoms. The van der Waals surface area contributed by atoms with Gasteiger partial charge in [-0.05, 0) is 48.9 Å². The van der Waals surface area contributed by atoms with Gasteiger partial charge < -0.3 is 5.73 Å². The average molecular weight is 254 g/mol. The second kappa shape index (κ2) is 5.45. The highest BCUT2D eigenvalue weighted by atomic mass is 14.9. The molecule has 1 aliphatic carbocycles. The van der Waals surface area contributed by atoms with Crippen LogP contribution < -0.4 is 5.73 Å². The van der Waals surface area contributed by atoms with Crippen LogP contribution in [-0.4, -0.2) is 21.5 Å². The van der Waals surface area contributed by atoms with Gasteiger partial charge in [-0.2, -0.15) is 0 Å². The Labute approximate surface area is 113 Å². The van der Waals surface area contributed by atoms with Crippen LogP contribution in [-0.2, 0) is 19.3 Å². The smallest absolute Gasteiger partial charge is 0.132 e. The van der Waals surface area contributed by atoms with E-state index in [0.717, 1.165) is 43.6 Å². The predicted molar refractivity (Wildman–Crippen MR) is 73.6 cm³/mol. The molecule has 2 heterocycles. The quantitative estimate of drug-likeness (QED) is 0.902. The van der Waals surface area contributed by atoms with Crippen molar-refractivity contribution < 1.29 is 0 Å². The highest BCUT2D eigenvalue weighted by Crippen LogP contribution is 2.23. The van der Waals surface area contributed by atoms with Crippen LogP contribution in [0.15, 0.2) is 30.7 Å². The molecule has 0 spiro atoms. The maximum absolute atomic E-state index is 5.74. The van der Waals surface area contributed by atoms with Crippen molar-refractivity contribution >= 4 is 0 Å². The van der Waals surface area contributed by atoms with E-state index < -0.39 is 0 Å². The van der Waals surface area contributed by atoms with E-state index in [1.54, 1.807) is 6.20 Å². The van der Waals surface area contributed by atoms with E-state index in [2.05, 4.69) is 16.0 Å². The molecule has 0 aliphatic heterocycles. The first-order valence-electron chi connectivity index (χ1n) is 6.78. The van der Waals surface area contributed by atoms with Gasteiger partial charge in [-0.15, -0.1) is 0 Å². The molecular formula is C15H18N4. The largest absolute Gasteiger partial charge is 0.330 e. The summed E-state index contributed by atoms with van der Waals surface area (Å²) in [7, 11) is 0. The molecule has 4 heteroatoms. The van der Waals surface area contributed by atoms with Gasteiger partial charge in [-0.1, -0.05) is 6.07 Å². The SMILES string of the molecule is NCC1CCc2nc(Cc3cccnc3)ncc2C1. The molecule has 0 aromatic carbocycles. The Morgan fingerprint density at radius 2 is 2.26 bits per heavy atom. The van der Waals surface area contributed by atoms with Gasteiger partial charge >= 0.3 is 0 Å². The van der Waals surface area contributed by atoms with E-state index in [9.17, 15) is 0 Å². The van der Waals surface area contributed by atoms with Crippen LogP contribution in [0, 0.1) is 5.92 Å². The van der Waals surface area contributed by atoms with Gasteiger partial charge in [0, 0.05) is 30.7 Å². The third-order valence-corrected chi connectivity index (χ3v) is 3.72. The van der Waals surface area contributed by atoms with E-state index >= 15 is 0 Å². The molecule has 3 rings (SSSR count). The second-order valence-electron chi connectivity index (χ2n) is 5.14. The van der Waals surface area contributed by atoms with Crippen molar-refractivity contribution in [3.63, 3.8) is 0 Å². The molecule has 1 aliphatic rings. The number of hydrogen-bond donors (Lipinski definition) is 1. The molecule has 0 amide bonds. The second-order valence-corrected chi connectivity index (χ2v) is 5.14. The zero-order chi connectivity index (χ0) is 13.1. The molecule has 4 nitrogen and oxygen atoms in total. The molecule has 19 heavy (non-hydrogen) atoms. The summed E-state index contributed by atoms with van der Waals surface area (Å²) in [5, 5.41) is 0. The van der Waals surface area contributed by atoms with Crippen LogP contribution in [0.4, 0.5) is 0 Å². The van der Waals surface area contributed by atoms with Crippen LogP contribution in [0.25, 0.3) is 0 Å². The standard InChI is InChI=1S/C15H18N4/c16-8-11-3-4-14-13(6-11)10-18-15(19-14)7-12-2-1-5-17-9-12/h1-2,5,9-11H,3-4,6-8,16H2. The number of rotatable bonds is 3. The minimum absolute atomic E-state index is 0.597. The molecule has 1 unspecified atom stereocenters. The molecule has 0 saturated heterocycles. The molecular weight excluding hydrogens is 236 g/mol. The van der Waals surface area contributed by atoms with Crippen LogP contribution in [0.5, 0.6) is 0 Å². The Bertz CT molecular complexity index is 553. The Morgan fingerprint density at radius 1 is 1.32 bits per heavy atom. The molecule has 98 valence electrons. The van der Waals surface area contributed by atoms with E-state index in [1.165, 1.54) is 11.3 Å². The van der Waals surface area contributed by atoms with E-state index in [0.29, 0.717) is 5.92 Å². The summed E-state index contributed by atoms with van der Waals surface area (Å²) >= 11 is 0. The zero-order valence-electron chi connectivity index (χ0n) is 10.9. The fourth-order valence-corrected chi connectivity index (χ4v) is 2.60. The fraction of sp³-hybridized carbons (Fsp3) is 0.400. The highest BCUT2D eigenvalue weighted by molar-refractivity contribution is 5.23. The summed E-state index contributed by atoms with van der Waals surface area (Å²) in [5.41, 5.74) is 9.38. The summed E-state index contributed by atoms with van der Waals surface area (Å²) in [6, 6.07) is 4.00. The first-order valence-corrected chi connectivity index (χ1v) is 6.78. The van der Waals surface area contributed by atoms with Crippen molar-refractivity contribution in [1.82, 2.24) is 15.0 Å². The number of aromatic nitrogens is 3. The Morgan fingerprint density at radius 3 is 3.05 bits per heavy atom. The third kappa shape index (κ3) is 2.79. The molecule has 0 saturated carbocycles. The van der Waals surface area contributed by atoms with Gasteiger partial charge in [-0.3, -0.25) is 4.98 Å². The molecule has 2 aromatic heterocycles. The first-order chi connectivity index (χ1) is 9.35. The summed E-state index contributed by atoms with van der Waals surface area (Å²) in [4.78, 5) is 13.3. The average Bonchev–Trinajstić information content (AvgIpc) is 2.48. The highest BCUT2D eigenvalue weighted by Gasteiger charge is 2.19. The van der Waals surface area contributed by atoms with E-state index in [4.69, 9.17) is 10.7 Å². The fourth-order valence-electron chi connectivity index (χ4n) is 2.60. The van der Waals surface area contributed by atoms with Crippen molar-refractivity contribution in [3.05, 3.63) is 53.4 Å². The van der Waals surface area contributed by atoms with Crippen LogP contribution in [0.3, 0.4) is 0 Å². The predicted octanol–water partition coefficient (Wildman–Crippen LogP) is 1.53. The molecule has 0 fully saturated rings. The van der Waals surface area contributed by atoms with Crippen molar-refractivity contribution in [2.24, 2.45) is 11.7 Å². The number of nitrogens with zero attached hydrogens (tertiary/aromatic N) is 3. The topological polar surface area (TPSA) is 64.7 Å². The van der Waals surface area contributed by atoms with Gasteiger partial charge in [0.25, 0.3) is 0 Å². The van der Waals surface area contributed by atoms with Crippen molar-refractivity contribution in [1.29, 1.82) is 0 Å². The number of hydrogen-bond acceptors (Lipinski definition) is 4. The molecule has 0 radical (unpaired) electrons. The third-order valence-electron chi connectivity index (χ3n) is 3.72. The maximum atomic E-state index is 5.74. The van der Waals surface area contributed by atoms with Crippen LogP contribution in [0.2, 0.25) is 0 Å². The molecule has 1 atom stereocenters. The lowest BCUT2D eigenvalue weighted by Crippen LogP contribution is -2.23. The summed E-state index contributed by atoms with van der Waals surface area (Å²) in [5.74, 6) is 1.48. The van der Waals surface area contributed by atoms with Gasteiger partial charge in [0.05, 0.1) is 0 Å². The number of fused-ring (bicyclic) bond motifs is 1. The number of pyridine rings is 1. The monoisotopic (exact) mass is 254 g/mol. The Balaban J connectivity index is 1.79. The lowest BCUT2D eigenvalue weighted by molar-refractivity contribution is 0.460. The number of aryl methyl sites for hydroxylation is 1. The Kier molecular flexibility index (Phi) is 3.51. The summed E-state index contributed by atoms with van der Waals surface area (Å²) < 4.78 is 0. The maximum Gasteiger partial charge on any atom is 0.132 e. The minimum atomic E-state index is 0.597. The van der Waals surface area contributed by atoms with Gasteiger partial charge in [0.1, 0.15) is 5.82 Å². The minimum Gasteiger partial charge on any atom is -0.330 e. The van der Waals surface area contributed by atoms with Crippen molar-refractivity contribution in [3.8, 4) is 0 Å². The zero-order valence-corrected chi connectivity index (χ0v) is 10.9. The number of nitrogens with two attached hydrogens (primary N) is 1.